The molecular formula is C13H14F2OSi. The van der Waals surface area contributed by atoms with Crippen molar-refractivity contribution in [2.45, 2.75) is 19.6 Å². The van der Waals surface area contributed by atoms with Gasteiger partial charge in [0.2, 0.25) is 0 Å². The molecule has 0 radical (unpaired) electrons. The Morgan fingerprint density at radius 2 is 1.71 bits per heavy atom. The fourth-order valence-electron chi connectivity index (χ4n) is 1.90. The second-order valence-corrected chi connectivity index (χ2v) is 10.2. The standard InChI is InChI=1S/C13H14F2OSi/c1-17(2,3)12-6-8-4-5-10(14)13(15)9(8)7-11(12)16/h4-7,16H,1-3H3. The molecule has 0 aliphatic carbocycles. The first-order valence-corrected chi connectivity index (χ1v) is 8.92. The number of benzene rings is 2. The zero-order valence-electron chi connectivity index (χ0n) is 10.0. The van der Waals surface area contributed by atoms with Gasteiger partial charge in [-0.3, -0.25) is 0 Å². The van der Waals surface area contributed by atoms with Crippen LogP contribution in [0.4, 0.5) is 8.78 Å². The van der Waals surface area contributed by atoms with E-state index in [9.17, 15) is 13.9 Å². The molecule has 1 N–H and O–H groups in total. The van der Waals surface area contributed by atoms with Crippen molar-refractivity contribution in [3.8, 4) is 5.75 Å². The molecule has 1 nitrogen and oxygen atoms in total. The summed E-state index contributed by atoms with van der Waals surface area (Å²) in [7, 11) is -1.69. The maximum Gasteiger partial charge on any atom is 0.166 e. The fourth-order valence-corrected chi connectivity index (χ4v) is 3.33. The van der Waals surface area contributed by atoms with Crippen LogP contribution in [0.5, 0.6) is 5.75 Å². The molecule has 0 heterocycles. The van der Waals surface area contributed by atoms with Crippen LogP contribution in [0.3, 0.4) is 0 Å². The van der Waals surface area contributed by atoms with Gasteiger partial charge in [-0.25, -0.2) is 8.78 Å². The second-order valence-electron chi connectivity index (χ2n) is 5.20. The molecule has 0 unspecified atom stereocenters. The average Bonchev–Trinajstić information content (AvgIpc) is 2.22. The summed E-state index contributed by atoms with van der Waals surface area (Å²) in [6.07, 6.45) is 0. The van der Waals surface area contributed by atoms with Crippen molar-refractivity contribution in [2.75, 3.05) is 0 Å². The predicted octanol–water partition coefficient (Wildman–Crippen LogP) is 3.37. The summed E-state index contributed by atoms with van der Waals surface area (Å²) in [6, 6.07) is 5.74. The quantitative estimate of drug-likeness (QED) is 0.771. The van der Waals surface area contributed by atoms with E-state index in [0.29, 0.717) is 5.39 Å². The van der Waals surface area contributed by atoms with Crippen molar-refractivity contribution < 1.29 is 13.9 Å². The SMILES string of the molecule is C[Si](C)(C)c1cc2ccc(F)c(F)c2cc1O. The van der Waals surface area contributed by atoms with Crippen molar-refractivity contribution >= 4 is 24.0 Å². The highest BCUT2D eigenvalue weighted by atomic mass is 28.3. The van der Waals surface area contributed by atoms with E-state index >= 15 is 0 Å². The highest BCUT2D eigenvalue weighted by Crippen LogP contribution is 2.25. The zero-order chi connectivity index (χ0) is 12.8. The summed E-state index contributed by atoms with van der Waals surface area (Å²) in [5.74, 6) is -1.74. The molecule has 0 bridgehead atoms. The fraction of sp³-hybridized carbons (Fsp3) is 0.231. The van der Waals surface area contributed by atoms with E-state index in [1.165, 1.54) is 12.1 Å². The summed E-state index contributed by atoms with van der Waals surface area (Å²) in [5.41, 5.74) is 0. The summed E-state index contributed by atoms with van der Waals surface area (Å²) in [5, 5.41) is 11.5. The Morgan fingerprint density at radius 3 is 2.29 bits per heavy atom. The third kappa shape index (κ3) is 2.05. The average molecular weight is 252 g/mol. The number of halogens is 2. The first kappa shape index (κ1) is 12.0. The molecule has 90 valence electrons. The lowest BCUT2D eigenvalue weighted by molar-refractivity contribution is 0.479. The van der Waals surface area contributed by atoms with Gasteiger partial charge in [0.25, 0.3) is 0 Å². The van der Waals surface area contributed by atoms with Crippen LogP contribution in [0, 0.1) is 11.6 Å². The molecule has 4 heteroatoms. The van der Waals surface area contributed by atoms with Gasteiger partial charge < -0.3 is 5.11 Å². The number of hydrogen-bond donors (Lipinski definition) is 1. The number of phenols is 1. The molecule has 0 saturated carbocycles. The molecule has 0 aromatic heterocycles. The van der Waals surface area contributed by atoms with Crippen molar-refractivity contribution in [1.29, 1.82) is 0 Å². The van der Waals surface area contributed by atoms with Gasteiger partial charge in [0, 0.05) is 5.39 Å². The van der Waals surface area contributed by atoms with Gasteiger partial charge in [0.1, 0.15) is 5.75 Å². The molecule has 0 saturated heterocycles. The van der Waals surface area contributed by atoms with E-state index in [4.69, 9.17) is 0 Å². The van der Waals surface area contributed by atoms with Crippen LogP contribution in [-0.2, 0) is 0 Å². The molecule has 0 fully saturated rings. The molecule has 0 amide bonds. The van der Waals surface area contributed by atoms with Gasteiger partial charge in [-0.2, -0.15) is 0 Å². The number of hydrogen-bond acceptors (Lipinski definition) is 1. The first-order chi connectivity index (χ1) is 7.80. The van der Waals surface area contributed by atoms with E-state index in [0.717, 1.165) is 11.3 Å². The molecule has 2 rings (SSSR count). The molecule has 2 aromatic rings. The lowest BCUT2D eigenvalue weighted by atomic mass is 10.1. The van der Waals surface area contributed by atoms with E-state index in [-0.39, 0.29) is 11.1 Å². The number of aromatic hydroxyl groups is 1. The lowest BCUT2D eigenvalue weighted by Crippen LogP contribution is -2.37. The van der Waals surface area contributed by atoms with Gasteiger partial charge >= 0.3 is 0 Å². The molecule has 0 spiro atoms. The maximum absolute atomic E-state index is 13.5. The van der Waals surface area contributed by atoms with Crippen molar-refractivity contribution in [2.24, 2.45) is 0 Å². The minimum absolute atomic E-state index is 0.0566. The van der Waals surface area contributed by atoms with Crippen LogP contribution < -0.4 is 5.19 Å². The van der Waals surface area contributed by atoms with E-state index in [1.54, 1.807) is 6.07 Å². The van der Waals surface area contributed by atoms with Crippen LogP contribution in [-0.4, -0.2) is 13.2 Å². The van der Waals surface area contributed by atoms with Gasteiger partial charge in [0.15, 0.2) is 11.6 Å². The number of phenolic OH excluding ortho intramolecular Hbond substituents is 1. The van der Waals surface area contributed by atoms with E-state index in [1.807, 2.05) is 0 Å². The Kier molecular flexibility index (Phi) is 2.70. The van der Waals surface area contributed by atoms with Crippen molar-refractivity contribution in [3.63, 3.8) is 0 Å². The number of fused-ring (bicyclic) bond motifs is 1. The van der Waals surface area contributed by atoms with Crippen LogP contribution in [0.25, 0.3) is 10.8 Å². The Morgan fingerprint density at radius 1 is 1.06 bits per heavy atom. The molecule has 2 aromatic carbocycles. The summed E-state index contributed by atoms with van der Waals surface area (Å²) >= 11 is 0. The Hall–Kier alpha value is -1.42. The second kappa shape index (κ2) is 3.80. The number of rotatable bonds is 1. The van der Waals surface area contributed by atoms with E-state index in [2.05, 4.69) is 19.6 Å². The van der Waals surface area contributed by atoms with Gasteiger partial charge in [0.05, 0.1) is 8.07 Å². The molecule has 0 atom stereocenters. The van der Waals surface area contributed by atoms with Crippen LogP contribution in [0.15, 0.2) is 24.3 Å². The topological polar surface area (TPSA) is 20.2 Å². The van der Waals surface area contributed by atoms with Crippen LogP contribution >= 0.6 is 0 Å². The van der Waals surface area contributed by atoms with E-state index < -0.39 is 19.7 Å². The molecule has 0 aliphatic rings. The van der Waals surface area contributed by atoms with Gasteiger partial charge in [-0.1, -0.05) is 31.8 Å². The summed E-state index contributed by atoms with van der Waals surface area (Å²) in [4.78, 5) is 0. The predicted molar refractivity (Wildman–Crippen MR) is 68.5 cm³/mol. The monoisotopic (exact) mass is 252 g/mol. The lowest BCUT2D eigenvalue weighted by Gasteiger charge is -2.19. The third-order valence-electron chi connectivity index (χ3n) is 2.83. The Balaban J connectivity index is 2.80. The van der Waals surface area contributed by atoms with Crippen molar-refractivity contribution in [1.82, 2.24) is 0 Å². The van der Waals surface area contributed by atoms with Crippen LogP contribution in [0.1, 0.15) is 0 Å². The molecular weight excluding hydrogens is 238 g/mol. The molecule has 0 aliphatic heterocycles. The minimum atomic E-state index is -1.69. The Labute approximate surface area is 99.7 Å². The molecule has 17 heavy (non-hydrogen) atoms. The summed E-state index contributed by atoms with van der Waals surface area (Å²) in [6.45, 7) is 6.27. The Bertz CT molecular complexity index is 588. The largest absolute Gasteiger partial charge is 0.508 e. The minimum Gasteiger partial charge on any atom is -0.508 e. The van der Waals surface area contributed by atoms with Crippen LogP contribution in [0.2, 0.25) is 19.6 Å². The smallest absolute Gasteiger partial charge is 0.166 e. The highest BCUT2D eigenvalue weighted by molar-refractivity contribution is 6.89. The van der Waals surface area contributed by atoms with Gasteiger partial charge in [-0.05, 0) is 22.7 Å². The van der Waals surface area contributed by atoms with Gasteiger partial charge in [-0.15, -0.1) is 0 Å². The first-order valence-electron chi connectivity index (χ1n) is 5.42. The maximum atomic E-state index is 13.5. The normalized spacial score (nSPS) is 12.1. The summed E-state index contributed by atoms with van der Waals surface area (Å²) < 4.78 is 26.6. The highest BCUT2D eigenvalue weighted by Gasteiger charge is 2.21. The zero-order valence-corrected chi connectivity index (χ0v) is 11.0. The third-order valence-corrected chi connectivity index (χ3v) is 4.85. The van der Waals surface area contributed by atoms with Crippen molar-refractivity contribution in [3.05, 3.63) is 35.9 Å².